The molecule has 6 nitrogen and oxygen atoms in total. The van der Waals surface area contributed by atoms with Gasteiger partial charge in [-0.3, -0.25) is 0 Å². The second-order valence-electron chi connectivity index (χ2n) is 7.18. The SMILES string of the molecule is CCOc1ccc(C)cc1S(=O)(=O)NCC(c1ccc2c(c1)CCO2)N(C)C. The largest absolute Gasteiger partial charge is 0.493 e. The number of hydrogen-bond acceptors (Lipinski definition) is 5. The summed E-state index contributed by atoms with van der Waals surface area (Å²) in [6, 6.07) is 11.2. The Bertz CT molecular complexity index is 941. The second kappa shape index (κ2) is 8.51. The van der Waals surface area contributed by atoms with Crippen molar-refractivity contribution in [1.82, 2.24) is 9.62 Å². The van der Waals surface area contributed by atoms with E-state index in [0.717, 1.165) is 23.3 Å². The summed E-state index contributed by atoms with van der Waals surface area (Å²) in [6.07, 6.45) is 0.885. The van der Waals surface area contributed by atoms with Crippen molar-refractivity contribution in [3.63, 3.8) is 0 Å². The Morgan fingerprint density at radius 3 is 2.71 bits per heavy atom. The Morgan fingerprint density at radius 1 is 1.21 bits per heavy atom. The van der Waals surface area contributed by atoms with E-state index >= 15 is 0 Å². The van der Waals surface area contributed by atoms with Gasteiger partial charge >= 0.3 is 0 Å². The third-order valence-electron chi connectivity index (χ3n) is 4.88. The van der Waals surface area contributed by atoms with Gasteiger partial charge in [-0.15, -0.1) is 0 Å². The molecule has 1 heterocycles. The summed E-state index contributed by atoms with van der Waals surface area (Å²) in [4.78, 5) is 2.19. The van der Waals surface area contributed by atoms with Crippen LogP contribution in [0.15, 0.2) is 41.3 Å². The first kappa shape index (κ1) is 20.6. The van der Waals surface area contributed by atoms with Gasteiger partial charge in [0.1, 0.15) is 16.4 Å². The third kappa shape index (κ3) is 4.48. The summed E-state index contributed by atoms with van der Waals surface area (Å²) in [7, 11) is 0.181. The van der Waals surface area contributed by atoms with Crippen LogP contribution in [0, 0.1) is 6.92 Å². The fraction of sp³-hybridized carbons (Fsp3) is 0.429. The predicted molar refractivity (Wildman–Crippen MR) is 110 cm³/mol. The number of sulfonamides is 1. The molecule has 7 heteroatoms. The van der Waals surface area contributed by atoms with Crippen LogP contribution < -0.4 is 14.2 Å². The molecule has 1 aliphatic heterocycles. The number of nitrogens with zero attached hydrogens (tertiary/aromatic N) is 1. The summed E-state index contributed by atoms with van der Waals surface area (Å²) < 4.78 is 39.9. The molecule has 1 N–H and O–H groups in total. The lowest BCUT2D eigenvalue weighted by Crippen LogP contribution is -2.34. The maximum atomic E-state index is 13.0. The highest BCUT2D eigenvalue weighted by molar-refractivity contribution is 7.89. The molecule has 1 atom stereocenters. The summed E-state index contributed by atoms with van der Waals surface area (Å²) in [5.74, 6) is 1.29. The maximum Gasteiger partial charge on any atom is 0.244 e. The van der Waals surface area contributed by atoms with Crippen LogP contribution in [0.1, 0.15) is 29.7 Å². The fourth-order valence-corrected chi connectivity index (χ4v) is 4.64. The van der Waals surface area contributed by atoms with Crippen molar-refractivity contribution >= 4 is 10.0 Å². The molecular formula is C21H28N2O4S. The molecule has 0 aromatic heterocycles. The average Bonchev–Trinajstić information content (AvgIpc) is 3.11. The van der Waals surface area contributed by atoms with Gasteiger partial charge in [0.15, 0.2) is 0 Å². The highest BCUT2D eigenvalue weighted by atomic mass is 32.2. The molecule has 0 spiro atoms. The molecule has 2 aromatic rings. The molecule has 0 amide bonds. The van der Waals surface area contributed by atoms with Crippen LogP contribution in [0.3, 0.4) is 0 Å². The van der Waals surface area contributed by atoms with Gasteiger partial charge in [0.25, 0.3) is 0 Å². The minimum atomic E-state index is -3.71. The monoisotopic (exact) mass is 404 g/mol. The van der Waals surface area contributed by atoms with Gasteiger partial charge in [0, 0.05) is 19.0 Å². The lowest BCUT2D eigenvalue weighted by Gasteiger charge is -2.25. The first-order valence-electron chi connectivity index (χ1n) is 9.47. The summed E-state index contributed by atoms with van der Waals surface area (Å²) >= 11 is 0. The number of ether oxygens (including phenoxy) is 2. The number of rotatable bonds is 8. The molecule has 0 saturated carbocycles. The van der Waals surface area contributed by atoms with Crippen molar-refractivity contribution in [2.75, 3.05) is 33.9 Å². The van der Waals surface area contributed by atoms with Gasteiger partial charge in [-0.1, -0.05) is 18.2 Å². The van der Waals surface area contributed by atoms with Crippen LogP contribution in [-0.4, -0.2) is 47.2 Å². The first-order valence-corrected chi connectivity index (χ1v) is 11.0. The zero-order valence-electron chi connectivity index (χ0n) is 16.9. The molecular weight excluding hydrogens is 376 g/mol. The molecule has 0 bridgehead atoms. The Hall–Kier alpha value is -2.09. The minimum absolute atomic E-state index is 0.0963. The van der Waals surface area contributed by atoms with E-state index < -0.39 is 10.0 Å². The van der Waals surface area contributed by atoms with E-state index in [4.69, 9.17) is 9.47 Å². The van der Waals surface area contributed by atoms with Crippen molar-refractivity contribution in [3.8, 4) is 11.5 Å². The lowest BCUT2D eigenvalue weighted by molar-refractivity contribution is 0.299. The number of nitrogens with one attached hydrogen (secondary N) is 1. The third-order valence-corrected chi connectivity index (χ3v) is 6.32. The summed E-state index contributed by atoms with van der Waals surface area (Å²) in [5.41, 5.74) is 3.10. The van der Waals surface area contributed by atoms with E-state index in [-0.39, 0.29) is 17.5 Å². The second-order valence-corrected chi connectivity index (χ2v) is 8.92. The van der Waals surface area contributed by atoms with E-state index in [1.165, 1.54) is 5.56 Å². The quantitative estimate of drug-likeness (QED) is 0.733. The molecule has 1 unspecified atom stereocenters. The van der Waals surface area contributed by atoms with Crippen molar-refractivity contribution in [1.29, 1.82) is 0 Å². The van der Waals surface area contributed by atoms with E-state index in [2.05, 4.69) is 10.8 Å². The molecule has 2 aromatic carbocycles. The van der Waals surface area contributed by atoms with Crippen LogP contribution in [0.2, 0.25) is 0 Å². The molecule has 0 radical (unpaired) electrons. The van der Waals surface area contributed by atoms with E-state index in [1.54, 1.807) is 12.1 Å². The Balaban J connectivity index is 1.83. The van der Waals surface area contributed by atoms with Crippen LogP contribution in [-0.2, 0) is 16.4 Å². The molecule has 152 valence electrons. The van der Waals surface area contributed by atoms with Crippen LogP contribution in [0.25, 0.3) is 0 Å². The normalized spacial score (nSPS) is 14.6. The van der Waals surface area contributed by atoms with Crippen molar-refractivity contribution in [3.05, 3.63) is 53.1 Å². The van der Waals surface area contributed by atoms with Gasteiger partial charge in [-0.2, -0.15) is 0 Å². The molecule has 0 saturated heterocycles. The summed E-state index contributed by atoms with van der Waals surface area (Å²) in [6.45, 7) is 5.07. The van der Waals surface area contributed by atoms with Crippen LogP contribution in [0.5, 0.6) is 11.5 Å². The number of benzene rings is 2. The molecule has 3 rings (SSSR count). The zero-order chi connectivity index (χ0) is 20.3. The smallest absolute Gasteiger partial charge is 0.244 e. The van der Waals surface area contributed by atoms with E-state index in [0.29, 0.717) is 19.0 Å². The van der Waals surface area contributed by atoms with Crippen LogP contribution >= 0.6 is 0 Å². The number of fused-ring (bicyclic) bond motifs is 1. The minimum Gasteiger partial charge on any atom is -0.493 e. The Morgan fingerprint density at radius 2 is 2.00 bits per heavy atom. The van der Waals surface area contributed by atoms with Gasteiger partial charge in [-0.05, 0) is 62.8 Å². The number of likely N-dealkylation sites (N-methyl/N-ethyl adjacent to an activating group) is 1. The first-order chi connectivity index (χ1) is 13.3. The molecule has 1 aliphatic rings. The lowest BCUT2D eigenvalue weighted by atomic mass is 10.0. The fourth-order valence-electron chi connectivity index (χ4n) is 3.38. The predicted octanol–water partition coefficient (Wildman–Crippen LogP) is 2.91. The van der Waals surface area contributed by atoms with Gasteiger partial charge < -0.3 is 14.4 Å². The number of aryl methyl sites for hydroxylation is 1. The van der Waals surface area contributed by atoms with E-state index in [1.807, 2.05) is 51.0 Å². The van der Waals surface area contributed by atoms with Gasteiger partial charge in [0.05, 0.1) is 13.2 Å². The molecule has 0 aliphatic carbocycles. The zero-order valence-corrected chi connectivity index (χ0v) is 17.7. The topological polar surface area (TPSA) is 67.9 Å². The standard InChI is InChI=1S/C21H28N2O4S/c1-5-26-20-8-6-15(2)12-21(20)28(24,25)22-14-18(23(3)4)16-7-9-19-17(13-16)10-11-27-19/h6-9,12-13,18,22H,5,10-11,14H2,1-4H3. The Labute approximate surface area is 167 Å². The highest BCUT2D eigenvalue weighted by Crippen LogP contribution is 2.30. The molecule has 0 fully saturated rings. The molecule has 28 heavy (non-hydrogen) atoms. The van der Waals surface area contributed by atoms with Gasteiger partial charge in [0.2, 0.25) is 10.0 Å². The number of hydrogen-bond donors (Lipinski definition) is 1. The van der Waals surface area contributed by atoms with E-state index in [9.17, 15) is 8.42 Å². The van der Waals surface area contributed by atoms with Crippen LogP contribution in [0.4, 0.5) is 0 Å². The van der Waals surface area contributed by atoms with Crippen molar-refractivity contribution < 1.29 is 17.9 Å². The van der Waals surface area contributed by atoms with Gasteiger partial charge in [-0.25, -0.2) is 13.1 Å². The van der Waals surface area contributed by atoms with Crippen molar-refractivity contribution in [2.45, 2.75) is 31.2 Å². The summed E-state index contributed by atoms with van der Waals surface area (Å²) in [5, 5.41) is 0. The average molecular weight is 405 g/mol. The highest BCUT2D eigenvalue weighted by Gasteiger charge is 2.24. The Kier molecular flexibility index (Phi) is 6.27. The van der Waals surface area contributed by atoms with Crippen molar-refractivity contribution in [2.24, 2.45) is 0 Å². The maximum absolute atomic E-state index is 13.0.